The average Bonchev–Trinajstić information content (AvgIpc) is 3.35. The SMILES string of the molecule is CC1=NC2=C(C(=O)CC(c3ccc(C(F)(F)F)cc3)C2)C(c2cccc(O)c2)C1C(=O)OC1CCCC1. The van der Waals surface area contributed by atoms with Gasteiger partial charge < -0.3 is 9.84 Å². The van der Waals surface area contributed by atoms with Crippen molar-refractivity contribution < 1.29 is 32.6 Å². The molecule has 194 valence electrons. The Hall–Kier alpha value is -3.42. The van der Waals surface area contributed by atoms with Gasteiger partial charge in [-0.3, -0.25) is 14.6 Å². The highest BCUT2D eigenvalue weighted by Gasteiger charge is 2.45. The Bertz CT molecular complexity index is 1270. The Morgan fingerprint density at radius 3 is 2.38 bits per heavy atom. The van der Waals surface area contributed by atoms with E-state index in [1.807, 2.05) is 0 Å². The van der Waals surface area contributed by atoms with Gasteiger partial charge in [-0.1, -0.05) is 24.3 Å². The first-order chi connectivity index (χ1) is 17.6. The molecule has 3 aliphatic rings. The fraction of sp³-hybridized carbons (Fsp3) is 0.414. The molecule has 0 saturated heterocycles. The van der Waals surface area contributed by atoms with E-state index in [0.717, 1.165) is 37.8 Å². The van der Waals surface area contributed by atoms with Crippen LogP contribution in [-0.4, -0.2) is 28.7 Å². The van der Waals surface area contributed by atoms with Crippen molar-refractivity contribution >= 4 is 17.5 Å². The van der Waals surface area contributed by atoms with Crippen molar-refractivity contribution in [2.45, 2.75) is 69.6 Å². The van der Waals surface area contributed by atoms with Crippen molar-refractivity contribution in [1.29, 1.82) is 0 Å². The van der Waals surface area contributed by atoms with E-state index in [9.17, 15) is 27.9 Å². The molecule has 5 rings (SSSR count). The molecule has 0 spiro atoms. The summed E-state index contributed by atoms with van der Waals surface area (Å²) in [7, 11) is 0. The molecule has 1 saturated carbocycles. The molecule has 1 fully saturated rings. The second kappa shape index (κ2) is 9.80. The predicted molar refractivity (Wildman–Crippen MR) is 131 cm³/mol. The predicted octanol–water partition coefficient (Wildman–Crippen LogP) is 6.47. The minimum absolute atomic E-state index is 0.0219. The van der Waals surface area contributed by atoms with E-state index in [0.29, 0.717) is 34.5 Å². The Morgan fingerprint density at radius 1 is 1.03 bits per heavy atom. The van der Waals surface area contributed by atoms with Gasteiger partial charge in [0.1, 0.15) is 17.8 Å². The number of carbonyl (C=O) groups is 2. The summed E-state index contributed by atoms with van der Waals surface area (Å²) < 4.78 is 44.9. The number of esters is 1. The molecular weight excluding hydrogens is 483 g/mol. The molecule has 1 aliphatic heterocycles. The summed E-state index contributed by atoms with van der Waals surface area (Å²) in [5.74, 6) is -2.38. The molecule has 5 nitrogen and oxygen atoms in total. The maximum atomic E-state index is 13.6. The average molecular weight is 512 g/mol. The number of carbonyl (C=O) groups excluding carboxylic acids is 2. The molecule has 8 heteroatoms. The zero-order valence-corrected chi connectivity index (χ0v) is 20.4. The third-order valence-corrected chi connectivity index (χ3v) is 7.67. The van der Waals surface area contributed by atoms with Crippen molar-refractivity contribution in [2.24, 2.45) is 10.9 Å². The van der Waals surface area contributed by atoms with E-state index in [-0.39, 0.29) is 30.0 Å². The molecular formula is C29H28F3NO4. The second-order valence-electron chi connectivity index (χ2n) is 10.2. The van der Waals surface area contributed by atoms with Gasteiger partial charge in [-0.15, -0.1) is 0 Å². The standard InChI is InChI=1S/C29H28F3NO4/c1-16-25(28(36)37-22-7-2-3-8-22)26(18-5-4-6-21(34)13-18)27-23(33-16)14-19(15-24(27)35)17-9-11-20(12-10-17)29(30,31)32/h4-6,9-13,19,22,25-26,34H,2-3,7-8,14-15H2,1H3. The Morgan fingerprint density at radius 2 is 1.73 bits per heavy atom. The van der Waals surface area contributed by atoms with Gasteiger partial charge in [-0.2, -0.15) is 13.2 Å². The number of nitrogens with zero attached hydrogens (tertiary/aromatic N) is 1. The van der Waals surface area contributed by atoms with Crippen LogP contribution in [0, 0.1) is 5.92 Å². The van der Waals surface area contributed by atoms with E-state index in [4.69, 9.17) is 9.73 Å². The monoisotopic (exact) mass is 511 g/mol. The van der Waals surface area contributed by atoms with Crippen LogP contribution in [0.5, 0.6) is 5.75 Å². The van der Waals surface area contributed by atoms with Crippen LogP contribution in [0.25, 0.3) is 0 Å². The lowest BCUT2D eigenvalue weighted by atomic mass is 9.69. The van der Waals surface area contributed by atoms with E-state index < -0.39 is 29.5 Å². The van der Waals surface area contributed by atoms with Crippen LogP contribution in [0.4, 0.5) is 13.2 Å². The number of hydrogen-bond acceptors (Lipinski definition) is 5. The van der Waals surface area contributed by atoms with Crippen molar-refractivity contribution in [3.63, 3.8) is 0 Å². The summed E-state index contributed by atoms with van der Waals surface area (Å²) in [6.07, 6.45) is -0.484. The van der Waals surface area contributed by atoms with Gasteiger partial charge in [0, 0.05) is 29.3 Å². The summed E-state index contributed by atoms with van der Waals surface area (Å²) in [4.78, 5) is 31.7. The van der Waals surface area contributed by atoms with Crippen molar-refractivity contribution in [3.8, 4) is 5.75 Å². The van der Waals surface area contributed by atoms with Gasteiger partial charge in [-0.05, 0) is 80.3 Å². The highest BCUT2D eigenvalue weighted by Crippen LogP contribution is 2.47. The number of alkyl halides is 3. The zero-order chi connectivity index (χ0) is 26.3. The van der Waals surface area contributed by atoms with Gasteiger partial charge in [0.2, 0.25) is 0 Å². The van der Waals surface area contributed by atoms with Gasteiger partial charge in [0.05, 0.1) is 5.56 Å². The lowest BCUT2D eigenvalue weighted by Gasteiger charge is -2.37. The Labute approximate surface area is 213 Å². The number of aromatic hydroxyl groups is 1. The topological polar surface area (TPSA) is 76.0 Å². The number of phenols is 1. The van der Waals surface area contributed by atoms with Crippen molar-refractivity contribution in [1.82, 2.24) is 0 Å². The Balaban J connectivity index is 1.50. The lowest BCUT2D eigenvalue weighted by molar-refractivity contribution is -0.151. The van der Waals surface area contributed by atoms with Crippen LogP contribution in [-0.2, 0) is 20.5 Å². The first-order valence-corrected chi connectivity index (χ1v) is 12.6. The molecule has 0 bridgehead atoms. The molecule has 0 radical (unpaired) electrons. The third-order valence-electron chi connectivity index (χ3n) is 7.67. The number of aliphatic imine (C=N–C) groups is 1. The normalized spacial score (nSPS) is 24.6. The van der Waals surface area contributed by atoms with Gasteiger partial charge in [0.15, 0.2) is 5.78 Å². The van der Waals surface area contributed by atoms with Crippen LogP contribution in [0.3, 0.4) is 0 Å². The summed E-state index contributed by atoms with van der Waals surface area (Å²) in [5.41, 5.74) is 2.01. The Kier molecular flexibility index (Phi) is 6.68. The molecule has 0 aromatic heterocycles. The molecule has 37 heavy (non-hydrogen) atoms. The molecule has 0 amide bonds. The van der Waals surface area contributed by atoms with Crippen LogP contribution < -0.4 is 0 Å². The van der Waals surface area contributed by atoms with E-state index >= 15 is 0 Å². The number of allylic oxidation sites excluding steroid dienone is 2. The first-order valence-electron chi connectivity index (χ1n) is 12.6. The van der Waals surface area contributed by atoms with E-state index in [1.54, 1.807) is 25.1 Å². The number of hydrogen-bond donors (Lipinski definition) is 1. The largest absolute Gasteiger partial charge is 0.508 e. The number of benzene rings is 2. The van der Waals surface area contributed by atoms with Gasteiger partial charge in [-0.25, -0.2) is 0 Å². The van der Waals surface area contributed by atoms with Crippen LogP contribution in [0.2, 0.25) is 0 Å². The highest BCUT2D eigenvalue weighted by molar-refractivity contribution is 6.09. The first kappa shape index (κ1) is 25.2. The minimum Gasteiger partial charge on any atom is -0.508 e. The fourth-order valence-electron chi connectivity index (χ4n) is 5.87. The van der Waals surface area contributed by atoms with Crippen LogP contribution in [0.15, 0.2) is 64.8 Å². The van der Waals surface area contributed by atoms with E-state index in [2.05, 4.69) is 0 Å². The molecule has 2 aromatic rings. The number of ketones is 1. The number of phenolic OH excluding ortho intramolecular Hbond substituents is 1. The number of halogens is 3. The molecule has 3 atom stereocenters. The second-order valence-corrected chi connectivity index (χ2v) is 10.2. The molecule has 1 heterocycles. The maximum Gasteiger partial charge on any atom is 0.416 e. The van der Waals surface area contributed by atoms with Gasteiger partial charge in [0.25, 0.3) is 0 Å². The van der Waals surface area contributed by atoms with E-state index in [1.165, 1.54) is 18.2 Å². The lowest BCUT2D eigenvalue weighted by Crippen LogP contribution is -2.39. The number of rotatable bonds is 4. The minimum atomic E-state index is -4.43. The third kappa shape index (κ3) is 5.06. The van der Waals surface area contributed by atoms with Crippen LogP contribution in [0.1, 0.15) is 74.0 Å². The van der Waals surface area contributed by atoms with Crippen molar-refractivity contribution in [3.05, 3.63) is 76.5 Å². The fourth-order valence-corrected chi connectivity index (χ4v) is 5.87. The van der Waals surface area contributed by atoms with Gasteiger partial charge >= 0.3 is 12.1 Å². The number of ether oxygens (including phenoxy) is 1. The summed E-state index contributed by atoms with van der Waals surface area (Å²) >= 11 is 0. The number of Topliss-reactive ketones (excluding diaryl/α,β-unsaturated/α-hetero) is 1. The van der Waals surface area contributed by atoms with Crippen LogP contribution >= 0.6 is 0 Å². The quantitative estimate of drug-likeness (QED) is 0.477. The molecule has 1 N–H and O–H groups in total. The summed E-state index contributed by atoms with van der Waals surface area (Å²) in [6.45, 7) is 1.74. The maximum absolute atomic E-state index is 13.6. The van der Waals surface area contributed by atoms with Crippen molar-refractivity contribution in [2.75, 3.05) is 0 Å². The molecule has 2 aromatic carbocycles. The highest BCUT2D eigenvalue weighted by atomic mass is 19.4. The molecule has 3 unspecified atom stereocenters. The summed E-state index contributed by atoms with van der Waals surface area (Å²) in [5, 5.41) is 10.2. The smallest absolute Gasteiger partial charge is 0.416 e. The molecule has 2 aliphatic carbocycles. The summed E-state index contributed by atoms with van der Waals surface area (Å²) in [6, 6.07) is 11.4. The zero-order valence-electron chi connectivity index (χ0n) is 20.4.